The number of aromatic nitrogens is 1. The van der Waals surface area contributed by atoms with Crippen LogP contribution in [0, 0.1) is 11.7 Å². The van der Waals surface area contributed by atoms with E-state index in [-0.39, 0.29) is 42.4 Å². The van der Waals surface area contributed by atoms with Gasteiger partial charge in [0, 0.05) is 55.8 Å². The second-order valence-electron chi connectivity index (χ2n) is 10.7. The molecule has 10 nitrogen and oxygen atoms in total. The van der Waals surface area contributed by atoms with E-state index in [1.165, 1.54) is 18.2 Å². The topological polar surface area (TPSA) is 124 Å². The lowest BCUT2D eigenvalue weighted by Crippen LogP contribution is -2.59. The van der Waals surface area contributed by atoms with Gasteiger partial charge in [-0.15, -0.1) is 0 Å². The normalized spacial score (nSPS) is 18.2. The molecule has 0 bridgehead atoms. The first kappa shape index (κ1) is 29.3. The number of hydrogen-bond donors (Lipinski definition) is 3. The van der Waals surface area contributed by atoms with Crippen LogP contribution in [0.1, 0.15) is 55.1 Å². The minimum absolute atomic E-state index is 0.0775. The van der Waals surface area contributed by atoms with E-state index >= 15 is 0 Å². The van der Waals surface area contributed by atoms with Crippen molar-refractivity contribution in [3.8, 4) is 0 Å². The van der Waals surface area contributed by atoms with Gasteiger partial charge in [0.25, 0.3) is 5.91 Å². The number of hydrogen-bond acceptors (Lipinski definition) is 5. The molecule has 216 valence electrons. The quantitative estimate of drug-likeness (QED) is 0.430. The van der Waals surface area contributed by atoms with Gasteiger partial charge >= 0.3 is 5.97 Å². The molecule has 4 rings (SSSR count). The fraction of sp³-hybridized carbons (Fsp3) is 0.517. The first-order valence-corrected chi connectivity index (χ1v) is 13.9. The lowest BCUT2D eigenvalue weighted by molar-refractivity contribution is -0.140. The highest BCUT2D eigenvalue weighted by Crippen LogP contribution is 2.30. The Balaban J connectivity index is 1.52. The van der Waals surface area contributed by atoms with E-state index in [0.29, 0.717) is 29.6 Å². The van der Waals surface area contributed by atoms with Crippen molar-refractivity contribution in [2.45, 2.75) is 51.1 Å². The average molecular weight is 556 g/mol. The fourth-order valence-electron chi connectivity index (χ4n) is 5.76. The molecule has 2 heterocycles. The maximum Gasteiger partial charge on any atom is 0.328 e. The molecule has 2 aromatic rings. The number of nitrogens with zero attached hydrogens (tertiary/aromatic N) is 3. The third kappa shape index (κ3) is 6.19. The summed E-state index contributed by atoms with van der Waals surface area (Å²) in [7, 11) is 3.39. The van der Waals surface area contributed by atoms with Gasteiger partial charge in [-0.3, -0.25) is 14.4 Å². The van der Waals surface area contributed by atoms with Gasteiger partial charge in [-0.25, -0.2) is 9.18 Å². The van der Waals surface area contributed by atoms with Crippen LogP contribution in [0.25, 0.3) is 17.0 Å². The lowest BCUT2D eigenvalue weighted by Gasteiger charge is -2.39. The highest BCUT2D eigenvalue weighted by molar-refractivity contribution is 6.06. The molecule has 11 heteroatoms. The highest BCUT2D eigenvalue weighted by atomic mass is 19.1. The smallest absolute Gasteiger partial charge is 0.328 e. The first-order chi connectivity index (χ1) is 19.1. The van der Waals surface area contributed by atoms with Gasteiger partial charge in [-0.1, -0.05) is 19.3 Å². The number of carboxylic acid groups (broad SMARTS) is 1. The van der Waals surface area contributed by atoms with Gasteiger partial charge in [-0.05, 0) is 57.0 Å². The molecule has 0 radical (unpaired) electrons. The van der Waals surface area contributed by atoms with Gasteiger partial charge in [-0.2, -0.15) is 0 Å². The van der Waals surface area contributed by atoms with E-state index in [4.69, 9.17) is 0 Å². The third-order valence-electron chi connectivity index (χ3n) is 8.19. The Labute approximate surface area is 233 Å². The average Bonchev–Trinajstić information content (AvgIpc) is 3.24. The summed E-state index contributed by atoms with van der Waals surface area (Å²) in [5.74, 6) is -2.25. The Kier molecular flexibility index (Phi) is 9.24. The van der Waals surface area contributed by atoms with Crippen molar-refractivity contribution in [1.29, 1.82) is 0 Å². The van der Waals surface area contributed by atoms with Crippen molar-refractivity contribution in [1.82, 2.24) is 25.0 Å². The number of amides is 3. The number of piperazine rings is 1. The van der Waals surface area contributed by atoms with Crippen LogP contribution in [0.15, 0.2) is 24.3 Å². The van der Waals surface area contributed by atoms with E-state index in [1.807, 2.05) is 0 Å². The number of likely N-dealkylation sites (N-methyl/N-ethyl adjacent to an activating group) is 1. The summed E-state index contributed by atoms with van der Waals surface area (Å²) in [5, 5.41) is 15.5. The van der Waals surface area contributed by atoms with E-state index in [1.54, 1.807) is 41.5 Å². The van der Waals surface area contributed by atoms with Crippen LogP contribution in [0.5, 0.6) is 0 Å². The maximum absolute atomic E-state index is 14.1. The summed E-state index contributed by atoms with van der Waals surface area (Å²) in [6.07, 6.45) is 7.21. The van der Waals surface area contributed by atoms with Crippen molar-refractivity contribution in [3.05, 3.63) is 41.3 Å². The van der Waals surface area contributed by atoms with Gasteiger partial charge in [0.05, 0.1) is 6.04 Å². The van der Waals surface area contributed by atoms with Gasteiger partial charge < -0.3 is 30.1 Å². The number of carbonyl (C=O) groups is 4. The van der Waals surface area contributed by atoms with E-state index in [0.717, 1.165) is 38.2 Å². The first-order valence-electron chi connectivity index (χ1n) is 13.9. The number of carboxylic acids is 1. The summed E-state index contributed by atoms with van der Waals surface area (Å²) in [6, 6.07) is 3.12. The predicted octanol–water partition coefficient (Wildman–Crippen LogP) is 2.37. The van der Waals surface area contributed by atoms with E-state index in [9.17, 15) is 28.7 Å². The zero-order valence-corrected chi connectivity index (χ0v) is 23.3. The SMILES string of the molecule is CN[C@@H](C)C(=O)N[C@H](C(=O)N1CCN(C(=O)c2c(/C=C/C(=O)O)c3cc(F)ccc3n2C)CC1)C1CCCCC1. The molecule has 1 aromatic heterocycles. The van der Waals surface area contributed by atoms with Crippen molar-refractivity contribution >= 4 is 40.7 Å². The molecule has 1 aliphatic heterocycles. The van der Waals surface area contributed by atoms with Crippen molar-refractivity contribution in [2.24, 2.45) is 13.0 Å². The van der Waals surface area contributed by atoms with Crippen LogP contribution in [-0.4, -0.2) is 88.5 Å². The fourth-order valence-corrected chi connectivity index (χ4v) is 5.76. The minimum atomic E-state index is -1.18. The second kappa shape index (κ2) is 12.6. The number of nitrogens with one attached hydrogen (secondary N) is 2. The standard InChI is InChI=1S/C29H38FN5O5/c1-18(31-2)27(38)32-25(19-7-5-4-6-8-19)28(39)34-13-15-35(16-14-34)29(40)26-21(10-12-24(36)37)22-17-20(30)9-11-23(22)33(26)3/h9-12,17-19,25,31H,4-8,13-16H2,1-3H3,(H,32,38)(H,36,37)/b12-10+/t18-,25-/m0/s1. The number of halogens is 1. The molecule has 2 atom stereocenters. The molecule has 1 aromatic carbocycles. The molecule has 0 unspecified atom stereocenters. The molecule has 1 aliphatic carbocycles. The molecule has 40 heavy (non-hydrogen) atoms. The van der Waals surface area contributed by atoms with E-state index < -0.39 is 23.9 Å². The molecule has 3 amide bonds. The number of aryl methyl sites for hydroxylation is 1. The molecule has 2 fully saturated rings. The summed E-state index contributed by atoms with van der Waals surface area (Å²) in [5.41, 5.74) is 1.19. The maximum atomic E-state index is 14.1. The summed E-state index contributed by atoms with van der Waals surface area (Å²) in [6.45, 7) is 2.93. The molecule has 1 saturated carbocycles. The number of rotatable bonds is 8. The minimum Gasteiger partial charge on any atom is -0.478 e. The molecule has 2 aliphatic rings. The second-order valence-corrected chi connectivity index (χ2v) is 10.7. The number of benzene rings is 1. The van der Waals surface area contributed by atoms with Crippen molar-refractivity contribution < 1.29 is 28.7 Å². The zero-order chi connectivity index (χ0) is 29.0. The Bertz CT molecular complexity index is 1310. The largest absolute Gasteiger partial charge is 0.478 e. The summed E-state index contributed by atoms with van der Waals surface area (Å²) >= 11 is 0. The molecule has 0 spiro atoms. The van der Waals surface area contributed by atoms with Crippen LogP contribution in [-0.2, 0) is 21.4 Å². The van der Waals surface area contributed by atoms with E-state index in [2.05, 4.69) is 10.6 Å². The van der Waals surface area contributed by atoms with Crippen LogP contribution in [0.3, 0.4) is 0 Å². The number of carbonyl (C=O) groups excluding carboxylic acids is 3. The number of fused-ring (bicyclic) bond motifs is 1. The Morgan fingerprint density at radius 3 is 2.33 bits per heavy atom. The van der Waals surface area contributed by atoms with Crippen molar-refractivity contribution in [3.63, 3.8) is 0 Å². The Hall–Kier alpha value is -3.73. The van der Waals surface area contributed by atoms with Crippen LogP contribution in [0.2, 0.25) is 0 Å². The van der Waals surface area contributed by atoms with Crippen LogP contribution < -0.4 is 10.6 Å². The molecule has 1 saturated heterocycles. The third-order valence-corrected chi connectivity index (χ3v) is 8.19. The van der Waals surface area contributed by atoms with Crippen molar-refractivity contribution in [2.75, 3.05) is 33.2 Å². The Morgan fingerprint density at radius 2 is 1.70 bits per heavy atom. The lowest BCUT2D eigenvalue weighted by atomic mass is 9.83. The molecule has 3 N–H and O–H groups in total. The van der Waals surface area contributed by atoms with Gasteiger partial charge in [0.15, 0.2) is 0 Å². The van der Waals surface area contributed by atoms with Crippen LogP contribution in [0.4, 0.5) is 4.39 Å². The van der Waals surface area contributed by atoms with Gasteiger partial charge in [0.1, 0.15) is 17.6 Å². The zero-order valence-electron chi connectivity index (χ0n) is 23.3. The van der Waals surface area contributed by atoms with Crippen LogP contribution >= 0.6 is 0 Å². The Morgan fingerprint density at radius 1 is 1.05 bits per heavy atom. The summed E-state index contributed by atoms with van der Waals surface area (Å²) < 4.78 is 15.7. The van der Waals surface area contributed by atoms with Gasteiger partial charge in [0.2, 0.25) is 11.8 Å². The molecular weight excluding hydrogens is 517 g/mol. The monoisotopic (exact) mass is 555 g/mol. The summed E-state index contributed by atoms with van der Waals surface area (Å²) in [4.78, 5) is 54.7. The predicted molar refractivity (Wildman–Crippen MR) is 149 cm³/mol. The highest BCUT2D eigenvalue weighted by Gasteiger charge is 2.36. The molecular formula is C29H38FN5O5. The number of aliphatic carboxylic acids is 1.